The lowest BCUT2D eigenvalue weighted by Gasteiger charge is -2.51. The molecule has 2 aromatic carbocycles. The van der Waals surface area contributed by atoms with E-state index in [4.69, 9.17) is 0 Å². The van der Waals surface area contributed by atoms with Gasteiger partial charge in [0.1, 0.15) is 0 Å². The lowest BCUT2D eigenvalue weighted by Crippen LogP contribution is -3.14. The van der Waals surface area contributed by atoms with Crippen LogP contribution in [-0.2, 0) is 10.2 Å². The van der Waals surface area contributed by atoms with Crippen LogP contribution in [0.5, 0.6) is 0 Å². The molecule has 4 rings (SSSR count). The molecule has 1 atom stereocenters. The third kappa shape index (κ3) is 3.73. The summed E-state index contributed by atoms with van der Waals surface area (Å²) in [4.78, 5) is 17.1. The number of carbonyl (C=O) groups excluding carboxylic acids is 1. The standard InChI is InChI=1S/C26H34N2O/c1-20-12-14-21(15-13-20)26(4)19-25(2,3)28(23-11-7-6-10-22(23)26)24(29)18-27-16-8-5-9-17-27/h6-7,10-15H,5,8-9,16-19H2,1-4H3/p+1/t26-/m0/s1. The van der Waals surface area contributed by atoms with Crippen molar-refractivity contribution in [3.63, 3.8) is 0 Å². The second kappa shape index (κ2) is 7.60. The Bertz CT molecular complexity index is 880. The number of quaternary nitrogens is 1. The van der Waals surface area contributed by atoms with Crippen molar-refractivity contribution in [2.75, 3.05) is 24.5 Å². The largest absolute Gasteiger partial charge is 0.327 e. The lowest BCUT2D eigenvalue weighted by atomic mass is 9.65. The van der Waals surface area contributed by atoms with Gasteiger partial charge in [-0.15, -0.1) is 0 Å². The highest BCUT2D eigenvalue weighted by Crippen LogP contribution is 2.50. The maximum atomic E-state index is 13.5. The van der Waals surface area contributed by atoms with Crippen LogP contribution in [0, 0.1) is 6.92 Å². The summed E-state index contributed by atoms with van der Waals surface area (Å²) in [6, 6.07) is 17.5. The summed E-state index contributed by atoms with van der Waals surface area (Å²) in [5, 5.41) is 0. The fraction of sp³-hybridized carbons (Fsp3) is 0.500. The molecular formula is C26H35N2O+. The van der Waals surface area contributed by atoms with Gasteiger partial charge in [0.15, 0.2) is 6.54 Å². The Labute approximate surface area is 175 Å². The van der Waals surface area contributed by atoms with Crippen molar-refractivity contribution < 1.29 is 9.69 Å². The predicted molar refractivity (Wildman–Crippen MR) is 120 cm³/mol. The SMILES string of the molecule is Cc1ccc([C@]2(C)CC(C)(C)N(C(=O)C[NH+]3CCCCC3)c3ccccc32)cc1. The molecule has 1 saturated heterocycles. The van der Waals surface area contributed by atoms with E-state index in [0.29, 0.717) is 6.54 Å². The minimum Gasteiger partial charge on any atom is -0.327 e. The lowest BCUT2D eigenvalue weighted by molar-refractivity contribution is -0.896. The Morgan fingerprint density at radius 3 is 2.31 bits per heavy atom. The number of fused-ring (bicyclic) bond motifs is 1. The van der Waals surface area contributed by atoms with E-state index < -0.39 is 0 Å². The van der Waals surface area contributed by atoms with Gasteiger partial charge in [0.2, 0.25) is 0 Å². The minimum atomic E-state index is -0.236. The number of rotatable bonds is 3. The molecule has 154 valence electrons. The van der Waals surface area contributed by atoms with Crippen molar-refractivity contribution in [1.29, 1.82) is 0 Å². The summed E-state index contributed by atoms with van der Waals surface area (Å²) in [7, 11) is 0. The highest BCUT2D eigenvalue weighted by atomic mass is 16.2. The van der Waals surface area contributed by atoms with Gasteiger partial charge < -0.3 is 9.80 Å². The number of carbonyl (C=O) groups is 1. The van der Waals surface area contributed by atoms with Crippen LogP contribution in [0.2, 0.25) is 0 Å². The molecule has 2 aliphatic heterocycles. The van der Waals surface area contributed by atoms with E-state index in [1.54, 1.807) is 0 Å². The molecule has 2 aliphatic rings. The van der Waals surface area contributed by atoms with Crippen molar-refractivity contribution in [3.8, 4) is 0 Å². The third-order valence-corrected chi connectivity index (χ3v) is 7.03. The Morgan fingerprint density at radius 1 is 0.966 bits per heavy atom. The molecule has 2 heterocycles. The number of nitrogens with one attached hydrogen (secondary N) is 1. The van der Waals surface area contributed by atoms with Gasteiger partial charge in [0.05, 0.1) is 13.1 Å². The third-order valence-electron chi connectivity index (χ3n) is 7.03. The maximum Gasteiger partial charge on any atom is 0.282 e. The zero-order chi connectivity index (χ0) is 20.6. The average Bonchev–Trinajstić information content (AvgIpc) is 2.68. The van der Waals surface area contributed by atoms with Gasteiger partial charge in [-0.2, -0.15) is 0 Å². The first-order chi connectivity index (χ1) is 13.8. The number of para-hydroxylation sites is 1. The Balaban J connectivity index is 1.73. The first-order valence-electron chi connectivity index (χ1n) is 11.1. The van der Waals surface area contributed by atoms with Gasteiger partial charge in [-0.1, -0.05) is 55.0 Å². The van der Waals surface area contributed by atoms with Crippen LogP contribution in [-0.4, -0.2) is 31.1 Å². The van der Waals surface area contributed by atoms with Crippen molar-refractivity contribution in [1.82, 2.24) is 0 Å². The summed E-state index contributed by atoms with van der Waals surface area (Å²) in [5.74, 6) is 0.269. The second-order valence-corrected chi connectivity index (χ2v) is 9.92. The van der Waals surface area contributed by atoms with Crippen molar-refractivity contribution in [2.45, 2.75) is 64.3 Å². The monoisotopic (exact) mass is 391 g/mol. The molecule has 29 heavy (non-hydrogen) atoms. The van der Waals surface area contributed by atoms with E-state index in [2.05, 4.69) is 81.1 Å². The molecule has 1 amide bonds. The van der Waals surface area contributed by atoms with Gasteiger partial charge in [-0.05, 0) is 63.6 Å². The van der Waals surface area contributed by atoms with Crippen molar-refractivity contribution in [3.05, 3.63) is 65.2 Å². The molecule has 2 aromatic rings. The van der Waals surface area contributed by atoms with Gasteiger partial charge in [-0.3, -0.25) is 4.79 Å². The van der Waals surface area contributed by atoms with Gasteiger partial charge in [0.25, 0.3) is 5.91 Å². The zero-order valence-electron chi connectivity index (χ0n) is 18.4. The Morgan fingerprint density at radius 2 is 1.62 bits per heavy atom. The van der Waals surface area contributed by atoms with Crippen LogP contribution in [0.15, 0.2) is 48.5 Å². The minimum absolute atomic E-state index is 0.109. The summed E-state index contributed by atoms with van der Waals surface area (Å²) < 4.78 is 0. The van der Waals surface area contributed by atoms with Crippen LogP contribution >= 0.6 is 0 Å². The number of benzene rings is 2. The topological polar surface area (TPSA) is 24.8 Å². The number of piperidine rings is 1. The average molecular weight is 392 g/mol. The fourth-order valence-corrected chi connectivity index (χ4v) is 5.67. The summed E-state index contributed by atoms with van der Waals surface area (Å²) >= 11 is 0. The van der Waals surface area contributed by atoms with E-state index >= 15 is 0 Å². The van der Waals surface area contributed by atoms with E-state index in [-0.39, 0.29) is 16.9 Å². The van der Waals surface area contributed by atoms with E-state index in [9.17, 15) is 4.79 Å². The van der Waals surface area contributed by atoms with Crippen LogP contribution in [0.3, 0.4) is 0 Å². The van der Waals surface area contributed by atoms with Crippen LogP contribution in [0.1, 0.15) is 63.1 Å². The maximum absolute atomic E-state index is 13.5. The van der Waals surface area contributed by atoms with Crippen LogP contribution in [0.4, 0.5) is 5.69 Å². The molecule has 0 unspecified atom stereocenters. The van der Waals surface area contributed by atoms with E-state index in [1.165, 1.54) is 40.9 Å². The quantitative estimate of drug-likeness (QED) is 0.844. The number of aryl methyl sites for hydroxylation is 1. The van der Waals surface area contributed by atoms with Crippen LogP contribution < -0.4 is 9.80 Å². The first kappa shape index (κ1) is 20.2. The number of likely N-dealkylation sites (tertiary alicyclic amines) is 1. The highest BCUT2D eigenvalue weighted by molar-refractivity contribution is 5.97. The number of amides is 1. The molecule has 1 fully saturated rings. The molecule has 3 nitrogen and oxygen atoms in total. The fourth-order valence-electron chi connectivity index (χ4n) is 5.67. The molecule has 0 saturated carbocycles. The Kier molecular flexibility index (Phi) is 5.29. The van der Waals surface area contributed by atoms with Crippen molar-refractivity contribution >= 4 is 11.6 Å². The predicted octanol–water partition coefficient (Wildman–Crippen LogP) is 3.89. The number of anilines is 1. The molecule has 0 aromatic heterocycles. The number of hydrogen-bond acceptors (Lipinski definition) is 1. The normalized spacial score (nSPS) is 24.2. The van der Waals surface area contributed by atoms with Gasteiger partial charge >= 0.3 is 0 Å². The highest BCUT2D eigenvalue weighted by Gasteiger charge is 2.48. The molecule has 1 N–H and O–H groups in total. The smallest absolute Gasteiger partial charge is 0.282 e. The zero-order valence-corrected chi connectivity index (χ0v) is 18.4. The molecule has 0 bridgehead atoms. The first-order valence-corrected chi connectivity index (χ1v) is 11.1. The number of nitrogens with zero attached hydrogens (tertiary/aromatic N) is 1. The molecule has 3 heteroatoms. The Hall–Kier alpha value is -2.13. The molecule has 0 aliphatic carbocycles. The van der Waals surface area contributed by atoms with E-state index in [0.717, 1.165) is 25.2 Å². The van der Waals surface area contributed by atoms with Crippen molar-refractivity contribution in [2.24, 2.45) is 0 Å². The summed E-state index contributed by atoms with van der Waals surface area (Å²) in [5.41, 5.74) is 4.63. The summed E-state index contributed by atoms with van der Waals surface area (Å²) in [6.45, 7) is 11.8. The van der Waals surface area contributed by atoms with Gasteiger partial charge in [-0.25, -0.2) is 0 Å². The van der Waals surface area contributed by atoms with E-state index in [1.807, 2.05) is 0 Å². The summed E-state index contributed by atoms with van der Waals surface area (Å²) in [6.07, 6.45) is 4.72. The molecule has 0 spiro atoms. The molecule has 0 radical (unpaired) electrons. The molecular weight excluding hydrogens is 356 g/mol. The second-order valence-electron chi connectivity index (χ2n) is 9.92. The number of hydrogen-bond donors (Lipinski definition) is 1. The van der Waals surface area contributed by atoms with Gasteiger partial charge in [0, 0.05) is 16.6 Å². The van der Waals surface area contributed by atoms with Crippen LogP contribution in [0.25, 0.3) is 0 Å².